The molecule has 1 aliphatic rings. The molecular formula is C18H23N3O2S. The number of benzene rings is 1. The highest BCUT2D eigenvalue weighted by Crippen LogP contribution is 2.32. The van der Waals surface area contributed by atoms with Gasteiger partial charge in [-0.05, 0) is 42.7 Å². The minimum absolute atomic E-state index is 0.316. The van der Waals surface area contributed by atoms with Gasteiger partial charge in [0.25, 0.3) is 0 Å². The first-order valence-electron chi connectivity index (χ1n) is 8.19. The van der Waals surface area contributed by atoms with Gasteiger partial charge < -0.3 is 20.1 Å². The molecule has 1 aromatic heterocycles. The van der Waals surface area contributed by atoms with Crippen molar-refractivity contribution in [2.75, 3.05) is 20.4 Å². The Morgan fingerprint density at radius 2 is 1.96 bits per heavy atom. The Morgan fingerprint density at radius 1 is 1.12 bits per heavy atom. The maximum atomic E-state index is 5.41. The number of nitrogens with zero attached hydrogens (tertiary/aromatic N) is 1. The molecule has 0 amide bonds. The van der Waals surface area contributed by atoms with Crippen molar-refractivity contribution in [2.45, 2.75) is 26.3 Å². The summed E-state index contributed by atoms with van der Waals surface area (Å²) in [6, 6.07) is 10.4. The Morgan fingerprint density at radius 3 is 2.75 bits per heavy atom. The predicted molar refractivity (Wildman–Crippen MR) is 98.2 cm³/mol. The van der Waals surface area contributed by atoms with Gasteiger partial charge in [0.15, 0.2) is 17.5 Å². The SMILES string of the molecule is CCc1ccc(CNC(=NC)NCCc2ccc3c(c2)OCO3)s1. The molecule has 2 heterocycles. The minimum Gasteiger partial charge on any atom is -0.454 e. The lowest BCUT2D eigenvalue weighted by atomic mass is 10.1. The van der Waals surface area contributed by atoms with Crippen LogP contribution in [0.15, 0.2) is 35.3 Å². The van der Waals surface area contributed by atoms with Crippen LogP contribution in [0, 0.1) is 0 Å². The lowest BCUT2D eigenvalue weighted by Gasteiger charge is -2.11. The number of thiophene rings is 1. The fraction of sp³-hybridized carbons (Fsp3) is 0.389. The van der Waals surface area contributed by atoms with Gasteiger partial charge in [0.1, 0.15) is 0 Å². The molecule has 0 saturated carbocycles. The molecule has 1 aliphatic heterocycles. The fourth-order valence-corrected chi connectivity index (χ4v) is 3.42. The smallest absolute Gasteiger partial charge is 0.231 e. The third-order valence-electron chi connectivity index (χ3n) is 3.86. The van der Waals surface area contributed by atoms with Gasteiger partial charge in [-0.15, -0.1) is 11.3 Å². The molecule has 2 aromatic rings. The molecule has 5 nitrogen and oxygen atoms in total. The topological polar surface area (TPSA) is 54.9 Å². The molecule has 0 aliphatic carbocycles. The van der Waals surface area contributed by atoms with Crippen LogP contribution in [0.5, 0.6) is 11.5 Å². The monoisotopic (exact) mass is 345 g/mol. The van der Waals surface area contributed by atoms with Crippen LogP contribution in [0.2, 0.25) is 0 Å². The Hall–Kier alpha value is -2.21. The van der Waals surface area contributed by atoms with Crippen molar-refractivity contribution >= 4 is 17.3 Å². The van der Waals surface area contributed by atoms with Crippen molar-refractivity contribution in [3.63, 3.8) is 0 Å². The number of hydrogen-bond donors (Lipinski definition) is 2. The summed E-state index contributed by atoms with van der Waals surface area (Å²) < 4.78 is 10.7. The van der Waals surface area contributed by atoms with E-state index >= 15 is 0 Å². The molecule has 0 spiro atoms. The molecule has 0 unspecified atom stereocenters. The number of hydrogen-bond acceptors (Lipinski definition) is 4. The number of rotatable bonds is 6. The zero-order valence-corrected chi connectivity index (χ0v) is 14.9. The number of aliphatic imine (C=N–C) groups is 1. The fourth-order valence-electron chi connectivity index (χ4n) is 2.52. The van der Waals surface area contributed by atoms with Gasteiger partial charge in [0.2, 0.25) is 6.79 Å². The van der Waals surface area contributed by atoms with Crippen molar-refractivity contribution < 1.29 is 9.47 Å². The number of aryl methyl sites for hydroxylation is 1. The second-order valence-electron chi connectivity index (χ2n) is 5.51. The van der Waals surface area contributed by atoms with E-state index in [2.05, 4.69) is 40.7 Å². The molecule has 0 bridgehead atoms. The minimum atomic E-state index is 0.316. The summed E-state index contributed by atoms with van der Waals surface area (Å²) in [4.78, 5) is 7.01. The van der Waals surface area contributed by atoms with E-state index in [1.54, 1.807) is 7.05 Å². The second-order valence-corrected chi connectivity index (χ2v) is 6.76. The van der Waals surface area contributed by atoms with E-state index in [-0.39, 0.29) is 0 Å². The summed E-state index contributed by atoms with van der Waals surface area (Å²) in [5.74, 6) is 2.48. The van der Waals surface area contributed by atoms with Gasteiger partial charge in [-0.3, -0.25) is 4.99 Å². The molecule has 0 atom stereocenters. The molecule has 0 radical (unpaired) electrons. The average Bonchev–Trinajstić information content (AvgIpc) is 3.26. The molecule has 0 fully saturated rings. The average molecular weight is 345 g/mol. The van der Waals surface area contributed by atoms with E-state index in [1.165, 1.54) is 15.3 Å². The number of fused-ring (bicyclic) bond motifs is 1. The third-order valence-corrected chi connectivity index (χ3v) is 5.09. The van der Waals surface area contributed by atoms with E-state index in [0.717, 1.165) is 43.4 Å². The summed E-state index contributed by atoms with van der Waals surface area (Å²) in [5.41, 5.74) is 1.22. The van der Waals surface area contributed by atoms with Crippen molar-refractivity contribution in [2.24, 2.45) is 4.99 Å². The highest BCUT2D eigenvalue weighted by molar-refractivity contribution is 7.11. The van der Waals surface area contributed by atoms with E-state index in [9.17, 15) is 0 Å². The van der Waals surface area contributed by atoms with Gasteiger partial charge in [0.05, 0.1) is 6.54 Å². The van der Waals surface area contributed by atoms with Crippen molar-refractivity contribution in [1.29, 1.82) is 0 Å². The molecule has 2 N–H and O–H groups in total. The standard InChI is InChI=1S/C18H23N3O2S/c1-3-14-5-6-15(24-14)11-21-18(19-2)20-9-8-13-4-7-16-17(10-13)23-12-22-16/h4-7,10H,3,8-9,11-12H2,1-2H3,(H2,19,20,21). The van der Waals surface area contributed by atoms with E-state index in [1.807, 2.05) is 23.5 Å². The van der Waals surface area contributed by atoms with Crippen molar-refractivity contribution in [1.82, 2.24) is 10.6 Å². The lowest BCUT2D eigenvalue weighted by molar-refractivity contribution is 0.174. The lowest BCUT2D eigenvalue weighted by Crippen LogP contribution is -2.37. The van der Waals surface area contributed by atoms with Crippen LogP contribution in [-0.2, 0) is 19.4 Å². The predicted octanol–water partition coefficient (Wildman–Crippen LogP) is 2.95. The van der Waals surface area contributed by atoms with Gasteiger partial charge in [0, 0.05) is 23.3 Å². The van der Waals surface area contributed by atoms with Gasteiger partial charge in [-0.1, -0.05) is 13.0 Å². The van der Waals surface area contributed by atoms with Crippen LogP contribution in [0.25, 0.3) is 0 Å². The van der Waals surface area contributed by atoms with Crippen LogP contribution >= 0.6 is 11.3 Å². The molecular weight excluding hydrogens is 322 g/mol. The van der Waals surface area contributed by atoms with Gasteiger partial charge >= 0.3 is 0 Å². The highest BCUT2D eigenvalue weighted by atomic mass is 32.1. The number of nitrogens with one attached hydrogen (secondary N) is 2. The van der Waals surface area contributed by atoms with Gasteiger partial charge in [-0.2, -0.15) is 0 Å². The molecule has 1 aromatic carbocycles. The van der Waals surface area contributed by atoms with Crippen LogP contribution in [-0.4, -0.2) is 26.3 Å². The first-order chi connectivity index (χ1) is 11.8. The Labute approximate surface area is 146 Å². The first kappa shape index (κ1) is 16.6. The Bertz CT molecular complexity index is 712. The summed E-state index contributed by atoms with van der Waals surface area (Å²) in [6.45, 7) is 4.11. The van der Waals surface area contributed by atoms with E-state index < -0.39 is 0 Å². The number of ether oxygens (including phenoxy) is 2. The second kappa shape index (κ2) is 8.06. The Balaban J connectivity index is 1.44. The molecule has 0 saturated heterocycles. The summed E-state index contributed by atoms with van der Waals surface area (Å²) in [6.07, 6.45) is 1.99. The molecule has 128 valence electrons. The van der Waals surface area contributed by atoms with Crippen LogP contribution in [0.4, 0.5) is 0 Å². The maximum absolute atomic E-state index is 5.41. The molecule has 24 heavy (non-hydrogen) atoms. The number of guanidine groups is 1. The van der Waals surface area contributed by atoms with Gasteiger partial charge in [-0.25, -0.2) is 0 Å². The van der Waals surface area contributed by atoms with Crippen molar-refractivity contribution in [3.8, 4) is 11.5 Å². The van der Waals surface area contributed by atoms with Crippen LogP contribution in [0.1, 0.15) is 22.2 Å². The molecule has 6 heteroatoms. The maximum Gasteiger partial charge on any atom is 0.231 e. The van der Waals surface area contributed by atoms with Crippen LogP contribution in [0.3, 0.4) is 0 Å². The summed E-state index contributed by atoms with van der Waals surface area (Å²) >= 11 is 1.85. The molecule has 3 rings (SSSR count). The summed E-state index contributed by atoms with van der Waals surface area (Å²) in [5, 5.41) is 6.70. The van der Waals surface area contributed by atoms with Crippen LogP contribution < -0.4 is 20.1 Å². The summed E-state index contributed by atoms with van der Waals surface area (Å²) in [7, 11) is 1.79. The zero-order chi connectivity index (χ0) is 16.8. The third kappa shape index (κ3) is 4.20. The highest BCUT2D eigenvalue weighted by Gasteiger charge is 2.12. The zero-order valence-electron chi connectivity index (χ0n) is 14.1. The van der Waals surface area contributed by atoms with E-state index in [0.29, 0.717) is 6.79 Å². The largest absolute Gasteiger partial charge is 0.454 e. The Kier molecular flexibility index (Phi) is 5.59. The normalized spacial score (nSPS) is 13.2. The first-order valence-corrected chi connectivity index (χ1v) is 9.00. The van der Waals surface area contributed by atoms with Crippen molar-refractivity contribution in [3.05, 3.63) is 45.6 Å². The quantitative estimate of drug-likeness (QED) is 0.624. The van der Waals surface area contributed by atoms with E-state index in [4.69, 9.17) is 9.47 Å².